The van der Waals surface area contributed by atoms with Gasteiger partial charge in [-0.3, -0.25) is 4.90 Å². The van der Waals surface area contributed by atoms with Crippen LogP contribution in [0.5, 0.6) is 0 Å². The second-order valence-corrected chi connectivity index (χ2v) is 5.31. The predicted molar refractivity (Wildman–Crippen MR) is 101 cm³/mol. The van der Waals surface area contributed by atoms with E-state index in [2.05, 4.69) is 5.32 Å². The fourth-order valence-electron chi connectivity index (χ4n) is 2.21. The zero-order valence-corrected chi connectivity index (χ0v) is 14.4. The Balaban J connectivity index is 0. The molecule has 0 aromatic rings. The molecule has 0 radical (unpaired) electrons. The topological polar surface area (TPSA) is 127 Å². The van der Waals surface area contributed by atoms with E-state index in [-0.39, 0.29) is 85.4 Å². The quantitative estimate of drug-likeness (QED) is 0.330. The number of carboxylic acid groups (broad SMARTS) is 2. The Kier molecular flexibility index (Phi) is 22.1. The number of hydrogen-bond donors (Lipinski definition) is 3. The van der Waals surface area contributed by atoms with Crippen LogP contribution in [0.1, 0.15) is 0 Å². The van der Waals surface area contributed by atoms with Crippen molar-refractivity contribution in [2.75, 3.05) is 79.0 Å². The maximum absolute atomic E-state index is 11.2. The summed E-state index contributed by atoms with van der Waals surface area (Å²) in [6, 6.07) is -1.63. The third kappa shape index (κ3) is 15.2. The van der Waals surface area contributed by atoms with Crippen molar-refractivity contribution in [2.24, 2.45) is 0 Å². The molecular formula is C15H30N2Na2O8. The van der Waals surface area contributed by atoms with Crippen LogP contribution < -0.4 is 5.32 Å². The van der Waals surface area contributed by atoms with Gasteiger partial charge in [0.1, 0.15) is 0 Å². The summed E-state index contributed by atoms with van der Waals surface area (Å²) in [4.78, 5) is 23.8. The van der Waals surface area contributed by atoms with E-state index < -0.39 is 18.0 Å². The first-order chi connectivity index (χ1) is 12.1. The normalized spacial score (nSPS) is 19.7. The minimum atomic E-state index is -1.63. The van der Waals surface area contributed by atoms with Gasteiger partial charge in [-0.2, -0.15) is 0 Å². The standard InChI is InChI=1S/C15H28N2O8.2Na.2H/c18-14(19)13(15(20)21)17-3-7-24-11-9-22-5-1-16-2-6-23-10-12-25-8-4-17;;;;/h13,16H,1-12H2,(H,18,19)(H,20,21);;;;. The van der Waals surface area contributed by atoms with Crippen LogP contribution in [0.15, 0.2) is 0 Å². The third-order valence-electron chi connectivity index (χ3n) is 3.47. The van der Waals surface area contributed by atoms with Crippen molar-refractivity contribution in [3.8, 4) is 0 Å². The monoisotopic (exact) mass is 412 g/mol. The van der Waals surface area contributed by atoms with Gasteiger partial charge in [0.2, 0.25) is 6.04 Å². The number of nitrogens with one attached hydrogen (secondary N) is 1. The summed E-state index contributed by atoms with van der Waals surface area (Å²) < 4.78 is 21.5. The molecule has 10 nitrogen and oxygen atoms in total. The molecule has 1 heterocycles. The number of carbonyl (C=O) groups is 2. The number of hydrogen-bond acceptors (Lipinski definition) is 8. The molecule has 0 spiro atoms. The van der Waals surface area contributed by atoms with Crippen molar-refractivity contribution in [3.63, 3.8) is 0 Å². The minimum absolute atomic E-state index is 0. The van der Waals surface area contributed by atoms with Crippen LogP contribution in [0, 0.1) is 0 Å². The van der Waals surface area contributed by atoms with Crippen molar-refractivity contribution in [3.05, 3.63) is 0 Å². The predicted octanol–water partition coefficient (Wildman–Crippen LogP) is -2.80. The average molecular weight is 412 g/mol. The van der Waals surface area contributed by atoms with Gasteiger partial charge in [-0.1, -0.05) is 0 Å². The van der Waals surface area contributed by atoms with Gasteiger partial charge in [-0.05, 0) is 0 Å². The molecule has 0 saturated carbocycles. The van der Waals surface area contributed by atoms with E-state index >= 15 is 0 Å². The molecule has 27 heavy (non-hydrogen) atoms. The van der Waals surface area contributed by atoms with Gasteiger partial charge in [0.05, 0.1) is 52.9 Å². The van der Waals surface area contributed by atoms with Crippen molar-refractivity contribution < 1.29 is 38.7 Å². The SMILES string of the molecule is O=C(O)C(C(=O)O)N1CCOCCOCCNCCOCCOCC1.[NaH].[NaH]. The van der Waals surface area contributed by atoms with E-state index in [1.54, 1.807) is 0 Å². The van der Waals surface area contributed by atoms with Gasteiger partial charge in [-0.25, -0.2) is 9.59 Å². The summed E-state index contributed by atoms with van der Waals surface area (Å²) >= 11 is 0. The first kappa shape index (κ1) is 29.9. The number of nitrogens with zero attached hydrogens (tertiary/aromatic N) is 1. The van der Waals surface area contributed by atoms with Crippen LogP contribution in [-0.4, -0.2) is 171 Å². The molecule has 0 amide bonds. The van der Waals surface area contributed by atoms with Gasteiger partial charge >= 0.3 is 71.1 Å². The summed E-state index contributed by atoms with van der Waals surface area (Å²) in [6.45, 7) is 4.86. The summed E-state index contributed by atoms with van der Waals surface area (Å²) in [5.74, 6) is -2.82. The van der Waals surface area contributed by atoms with Gasteiger partial charge < -0.3 is 34.5 Å². The molecule has 0 aromatic carbocycles. The molecule has 0 unspecified atom stereocenters. The molecule has 3 N–H and O–H groups in total. The molecular weight excluding hydrogens is 382 g/mol. The summed E-state index contributed by atoms with van der Waals surface area (Å²) in [6.07, 6.45) is 0. The number of aliphatic carboxylic acids is 2. The summed E-state index contributed by atoms with van der Waals surface area (Å²) in [7, 11) is 0. The Morgan fingerprint density at radius 2 is 1.07 bits per heavy atom. The zero-order chi connectivity index (χ0) is 18.3. The van der Waals surface area contributed by atoms with E-state index in [1.807, 2.05) is 0 Å². The second kappa shape index (κ2) is 20.0. The summed E-state index contributed by atoms with van der Waals surface area (Å²) in [5, 5.41) is 21.5. The van der Waals surface area contributed by atoms with Crippen molar-refractivity contribution in [2.45, 2.75) is 6.04 Å². The molecule has 1 aliphatic heterocycles. The van der Waals surface area contributed by atoms with Crippen molar-refractivity contribution in [1.29, 1.82) is 0 Å². The molecule has 1 saturated heterocycles. The molecule has 0 bridgehead atoms. The number of carboxylic acids is 2. The molecule has 150 valence electrons. The molecule has 0 aliphatic carbocycles. The Morgan fingerprint density at radius 1 is 0.704 bits per heavy atom. The summed E-state index contributed by atoms with van der Waals surface area (Å²) in [5.41, 5.74) is 0. The van der Waals surface area contributed by atoms with Crippen LogP contribution in [-0.2, 0) is 28.5 Å². The Bertz CT molecular complexity index is 361. The fraction of sp³-hybridized carbons (Fsp3) is 0.867. The van der Waals surface area contributed by atoms with Crippen LogP contribution in [0.25, 0.3) is 0 Å². The van der Waals surface area contributed by atoms with Gasteiger partial charge in [-0.15, -0.1) is 0 Å². The first-order valence-electron chi connectivity index (χ1n) is 8.34. The first-order valence-corrected chi connectivity index (χ1v) is 8.34. The van der Waals surface area contributed by atoms with E-state index in [1.165, 1.54) is 4.90 Å². The van der Waals surface area contributed by atoms with Crippen LogP contribution in [0.2, 0.25) is 0 Å². The second-order valence-electron chi connectivity index (χ2n) is 5.31. The van der Waals surface area contributed by atoms with Crippen LogP contribution in [0.3, 0.4) is 0 Å². The molecule has 1 aliphatic rings. The van der Waals surface area contributed by atoms with E-state index in [4.69, 9.17) is 29.2 Å². The van der Waals surface area contributed by atoms with Crippen LogP contribution >= 0.6 is 0 Å². The van der Waals surface area contributed by atoms with Gasteiger partial charge in [0.25, 0.3) is 0 Å². The van der Waals surface area contributed by atoms with Gasteiger partial charge in [0, 0.05) is 26.2 Å². The van der Waals surface area contributed by atoms with Gasteiger partial charge in [0.15, 0.2) is 0 Å². The van der Waals surface area contributed by atoms with Crippen molar-refractivity contribution in [1.82, 2.24) is 10.2 Å². The van der Waals surface area contributed by atoms with E-state index in [9.17, 15) is 9.59 Å². The fourth-order valence-corrected chi connectivity index (χ4v) is 2.21. The average Bonchev–Trinajstić information content (AvgIpc) is 2.55. The molecule has 12 heteroatoms. The Hall–Kier alpha value is 0.700. The molecule has 1 rings (SSSR count). The van der Waals surface area contributed by atoms with Crippen LogP contribution in [0.4, 0.5) is 0 Å². The number of rotatable bonds is 3. The Morgan fingerprint density at radius 3 is 1.44 bits per heavy atom. The maximum atomic E-state index is 11.2. The molecule has 0 aromatic heterocycles. The molecule has 1 fully saturated rings. The zero-order valence-electron chi connectivity index (χ0n) is 14.4. The van der Waals surface area contributed by atoms with E-state index in [0.717, 1.165) is 0 Å². The third-order valence-corrected chi connectivity index (χ3v) is 3.47. The molecule has 0 atom stereocenters. The van der Waals surface area contributed by atoms with Crippen molar-refractivity contribution >= 4 is 71.1 Å². The number of ether oxygens (including phenoxy) is 4. The van der Waals surface area contributed by atoms with E-state index in [0.29, 0.717) is 52.7 Å². The Labute approximate surface area is 203 Å².